The molecule has 0 aromatic carbocycles. The van der Waals surface area contributed by atoms with Crippen LogP contribution in [0.1, 0.15) is 53.9 Å². The monoisotopic (exact) mass is 200 g/mol. The molecule has 86 valence electrons. The molecule has 0 aromatic rings. The molecule has 2 nitrogen and oxygen atoms in total. The molecule has 0 saturated carbocycles. The van der Waals surface area contributed by atoms with E-state index in [9.17, 15) is 0 Å². The lowest BCUT2D eigenvalue weighted by Gasteiger charge is -2.32. The normalized spacial score (nSPS) is 12.4. The van der Waals surface area contributed by atoms with Crippen molar-refractivity contribution >= 4 is 0 Å². The molecule has 0 radical (unpaired) electrons. The summed E-state index contributed by atoms with van der Waals surface area (Å²) in [4.78, 5) is 0. The average Bonchev–Trinajstić information content (AvgIpc) is 2.19. The Kier molecular flexibility index (Phi) is 7.20. The Balaban J connectivity index is 3.71. The number of hydrogen-bond acceptors (Lipinski definition) is 2. The van der Waals surface area contributed by atoms with Crippen molar-refractivity contribution in [1.29, 1.82) is 0 Å². The summed E-state index contributed by atoms with van der Waals surface area (Å²) >= 11 is 0. The molecule has 0 aliphatic heterocycles. The number of hydrogen-bond donors (Lipinski definition) is 2. The smallest absolute Gasteiger partial charge is 0.0174 e. The SMILES string of the molecule is CCC(CC)(CC)NCCNC(C)C. The van der Waals surface area contributed by atoms with Crippen LogP contribution in [0.25, 0.3) is 0 Å². The standard InChI is InChI=1S/C12H28N2/c1-6-12(7-2,8-3)14-10-9-13-11(4)5/h11,13-14H,6-10H2,1-5H3. The Bertz CT molecular complexity index is 120. The lowest BCUT2D eigenvalue weighted by molar-refractivity contribution is 0.289. The highest BCUT2D eigenvalue weighted by Gasteiger charge is 2.21. The molecule has 0 rings (SSSR count). The van der Waals surface area contributed by atoms with Crippen LogP contribution in [0.4, 0.5) is 0 Å². The zero-order valence-electron chi connectivity index (χ0n) is 10.6. The second-order valence-corrected chi connectivity index (χ2v) is 4.38. The topological polar surface area (TPSA) is 24.1 Å². The molecule has 0 bridgehead atoms. The van der Waals surface area contributed by atoms with Gasteiger partial charge < -0.3 is 10.6 Å². The lowest BCUT2D eigenvalue weighted by atomic mass is 9.90. The van der Waals surface area contributed by atoms with Crippen molar-refractivity contribution in [3.8, 4) is 0 Å². The molecule has 2 N–H and O–H groups in total. The van der Waals surface area contributed by atoms with Gasteiger partial charge in [-0.05, 0) is 19.3 Å². The van der Waals surface area contributed by atoms with Gasteiger partial charge in [0, 0.05) is 24.7 Å². The van der Waals surface area contributed by atoms with E-state index in [0.717, 1.165) is 13.1 Å². The zero-order chi connectivity index (χ0) is 11.0. The summed E-state index contributed by atoms with van der Waals surface area (Å²) in [5.74, 6) is 0. The van der Waals surface area contributed by atoms with Crippen molar-refractivity contribution in [2.75, 3.05) is 13.1 Å². The molecular formula is C12H28N2. The maximum absolute atomic E-state index is 3.68. The van der Waals surface area contributed by atoms with Crippen LogP contribution in [0.15, 0.2) is 0 Å². The second kappa shape index (κ2) is 7.24. The average molecular weight is 200 g/mol. The summed E-state index contributed by atoms with van der Waals surface area (Å²) in [7, 11) is 0. The summed E-state index contributed by atoms with van der Waals surface area (Å²) in [5.41, 5.74) is 0.374. The van der Waals surface area contributed by atoms with Crippen molar-refractivity contribution in [3.05, 3.63) is 0 Å². The molecule has 0 heterocycles. The van der Waals surface area contributed by atoms with Gasteiger partial charge in [-0.2, -0.15) is 0 Å². The number of nitrogens with one attached hydrogen (secondary N) is 2. The first-order valence-electron chi connectivity index (χ1n) is 6.08. The highest BCUT2D eigenvalue weighted by molar-refractivity contribution is 4.83. The van der Waals surface area contributed by atoms with Crippen LogP contribution in [-0.4, -0.2) is 24.7 Å². The van der Waals surface area contributed by atoms with E-state index in [1.54, 1.807) is 0 Å². The Morgan fingerprint density at radius 1 is 0.929 bits per heavy atom. The van der Waals surface area contributed by atoms with E-state index in [4.69, 9.17) is 0 Å². The summed E-state index contributed by atoms with van der Waals surface area (Å²) < 4.78 is 0. The van der Waals surface area contributed by atoms with Gasteiger partial charge in [-0.15, -0.1) is 0 Å². The Hall–Kier alpha value is -0.0800. The third-order valence-electron chi connectivity index (χ3n) is 3.21. The van der Waals surface area contributed by atoms with E-state index >= 15 is 0 Å². The molecule has 2 heteroatoms. The predicted molar refractivity (Wildman–Crippen MR) is 64.7 cm³/mol. The first-order chi connectivity index (χ1) is 6.60. The van der Waals surface area contributed by atoms with Crippen LogP contribution in [-0.2, 0) is 0 Å². The number of rotatable bonds is 8. The fraction of sp³-hybridized carbons (Fsp3) is 1.00. The second-order valence-electron chi connectivity index (χ2n) is 4.38. The third-order valence-corrected chi connectivity index (χ3v) is 3.21. The van der Waals surface area contributed by atoms with E-state index in [0.29, 0.717) is 11.6 Å². The minimum atomic E-state index is 0.374. The van der Waals surface area contributed by atoms with Crippen LogP contribution in [0.2, 0.25) is 0 Å². The summed E-state index contributed by atoms with van der Waals surface area (Å²) in [6, 6.07) is 0.594. The van der Waals surface area contributed by atoms with Gasteiger partial charge in [0.15, 0.2) is 0 Å². The van der Waals surface area contributed by atoms with Crippen molar-refractivity contribution in [1.82, 2.24) is 10.6 Å². The quantitative estimate of drug-likeness (QED) is 0.588. The molecule has 0 amide bonds. The molecule has 0 atom stereocenters. The largest absolute Gasteiger partial charge is 0.313 e. The maximum atomic E-state index is 3.68. The minimum absolute atomic E-state index is 0.374. The molecule has 0 aromatic heterocycles. The van der Waals surface area contributed by atoms with E-state index in [1.165, 1.54) is 19.3 Å². The first-order valence-corrected chi connectivity index (χ1v) is 6.08. The molecular weight excluding hydrogens is 172 g/mol. The third kappa shape index (κ3) is 4.97. The molecule has 0 aliphatic carbocycles. The summed E-state index contributed by atoms with van der Waals surface area (Å²) in [6.07, 6.45) is 3.67. The molecule has 0 aliphatic rings. The molecule has 0 unspecified atom stereocenters. The van der Waals surface area contributed by atoms with Crippen LogP contribution in [0.5, 0.6) is 0 Å². The van der Waals surface area contributed by atoms with E-state index in [1.807, 2.05) is 0 Å². The molecule has 0 fully saturated rings. The zero-order valence-corrected chi connectivity index (χ0v) is 10.6. The maximum Gasteiger partial charge on any atom is 0.0174 e. The van der Waals surface area contributed by atoms with E-state index < -0.39 is 0 Å². The van der Waals surface area contributed by atoms with E-state index in [2.05, 4.69) is 45.3 Å². The van der Waals surface area contributed by atoms with Gasteiger partial charge in [0.1, 0.15) is 0 Å². The molecule has 0 saturated heterocycles. The van der Waals surface area contributed by atoms with Gasteiger partial charge in [0.05, 0.1) is 0 Å². The Labute approximate surface area is 89.9 Å². The van der Waals surface area contributed by atoms with Crippen molar-refractivity contribution < 1.29 is 0 Å². The van der Waals surface area contributed by atoms with Gasteiger partial charge >= 0.3 is 0 Å². The van der Waals surface area contributed by atoms with Crippen LogP contribution >= 0.6 is 0 Å². The molecule has 0 spiro atoms. The Morgan fingerprint density at radius 3 is 1.79 bits per heavy atom. The van der Waals surface area contributed by atoms with Gasteiger partial charge in [-0.1, -0.05) is 34.6 Å². The summed E-state index contributed by atoms with van der Waals surface area (Å²) in [5, 5.41) is 7.10. The molecule has 14 heavy (non-hydrogen) atoms. The van der Waals surface area contributed by atoms with Crippen molar-refractivity contribution in [3.63, 3.8) is 0 Å². The minimum Gasteiger partial charge on any atom is -0.313 e. The predicted octanol–water partition coefficient (Wildman–Crippen LogP) is 2.54. The van der Waals surface area contributed by atoms with Gasteiger partial charge in [-0.3, -0.25) is 0 Å². The van der Waals surface area contributed by atoms with Gasteiger partial charge in [-0.25, -0.2) is 0 Å². The highest BCUT2D eigenvalue weighted by Crippen LogP contribution is 2.18. The fourth-order valence-corrected chi connectivity index (χ4v) is 1.81. The van der Waals surface area contributed by atoms with Crippen molar-refractivity contribution in [2.24, 2.45) is 0 Å². The van der Waals surface area contributed by atoms with Crippen molar-refractivity contribution in [2.45, 2.75) is 65.5 Å². The Morgan fingerprint density at radius 2 is 1.43 bits per heavy atom. The highest BCUT2D eigenvalue weighted by atomic mass is 15.0. The first kappa shape index (κ1) is 13.9. The van der Waals surface area contributed by atoms with Gasteiger partial charge in [0.25, 0.3) is 0 Å². The summed E-state index contributed by atoms with van der Waals surface area (Å²) in [6.45, 7) is 13.3. The fourth-order valence-electron chi connectivity index (χ4n) is 1.81. The lowest BCUT2D eigenvalue weighted by Crippen LogP contribution is -2.46. The van der Waals surface area contributed by atoms with E-state index in [-0.39, 0.29) is 0 Å². The van der Waals surface area contributed by atoms with Crippen LogP contribution < -0.4 is 10.6 Å². The van der Waals surface area contributed by atoms with Gasteiger partial charge in [0.2, 0.25) is 0 Å². The van der Waals surface area contributed by atoms with Crippen LogP contribution in [0.3, 0.4) is 0 Å². The van der Waals surface area contributed by atoms with Crippen LogP contribution in [0, 0.1) is 0 Å².